The first-order chi connectivity index (χ1) is 10.7. The minimum Gasteiger partial charge on any atom is -0.497 e. The third-order valence-electron chi connectivity index (χ3n) is 3.88. The van der Waals surface area contributed by atoms with E-state index in [-0.39, 0.29) is 0 Å². The quantitative estimate of drug-likeness (QED) is 0.919. The molecule has 1 saturated heterocycles. The van der Waals surface area contributed by atoms with Gasteiger partial charge in [0, 0.05) is 31.4 Å². The summed E-state index contributed by atoms with van der Waals surface area (Å²) in [7, 11) is 1.67. The van der Waals surface area contributed by atoms with Crippen molar-refractivity contribution in [2.24, 2.45) is 0 Å². The van der Waals surface area contributed by atoms with E-state index in [1.54, 1.807) is 7.11 Å². The van der Waals surface area contributed by atoms with Crippen molar-refractivity contribution in [2.45, 2.75) is 26.3 Å². The van der Waals surface area contributed by atoms with E-state index in [2.05, 4.69) is 26.3 Å². The lowest BCUT2D eigenvalue weighted by molar-refractivity contribution is 0.414. The second-order valence-electron chi connectivity index (χ2n) is 5.59. The first-order valence-corrected chi connectivity index (χ1v) is 7.72. The summed E-state index contributed by atoms with van der Waals surface area (Å²) in [6, 6.07) is 10.1. The minimum absolute atomic E-state index is 0.692. The predicted molar refractivity (Wildman–Crippen MR) is 88.5 cm³/mol. The smallest absolute Gasteiger partial charge is 0.225 e. The fourth-order valence-corrected chi connectivity index (χ4v) is 2.66. The monoisotopic (exact) mass is 298 g/mol. The second-order valence-corrected chi connectivity index (χ2v) is 5.59. The van der Waals surface area contributed by atoms with Crippen molar-refractivity contribution < 1.29 is 4.74 Å². The maximum absolute atomic E-state index is 5.17. The lowest BCUT2D eigenvalue weighted by Gasteiger charge is -2.17. The topological polar surface area (TPSA) is 50.3 Å². The summed E-state index contributed by atoms with van der Waals surface area (Å²) in [6.07, 6.45) is 2.50. The highest BCUT2D eigenvalue weighted by Crippen LogP contribution is 2.20. The van der Waals surface area contributed by atoms with Gasteiger partial charge in [0.25, 0.3) is 0 Å². The van der Waals surface area contributed by atoms with Gasteiger partial charge in [-0.05, 0) is 37.5 Å². The molecule has 22 heavy (non-hydrogen) atoms. The Morgan fingerprint density at radius 1 is 1.14 bits per heavy atom. The van der Waals surface area contributed by atoms with Crippen LogP contribution in [-0.2, 0) is 6.54 Å². The Hall–Kier alpha value is -2.30. The lowest BCUT2D eigenvalue weighted by atomic mass is 10.2. The van der Waals surface area contributed by atoms with Crippen LogP contribution in [0.2, 0.25) is 0 Å². The van der Waals surface area contributed by atoms with E-state index in [1.807, 2.05) is 31.2 Å². The third-order valence-corrected chi connectivity index (χ3v) is 3.88. The Bertz CT molecular complexity index is 621. The van der Waals surface area contributed by atoms with E-state index in [0.29, 0.717) is 12.5 Å². The molecule has 1 aliphatic heterocycles. The standard InChI is InChI=1S/C17H22N4O/c1-13-11-16(21-9-3-4-10-21)20-17(19-13)18-12-14-5-7-15(22-2)8-6-14/h5-8,11H,3-4,9-10,12H2,1-2H3,(H,18,19,20). The maximum atomic E-state index is 5.17. The molecular formula is C17H22N4O. The van der Waals surface area contributed by atoms with Crippen molar-refractivity contribution in [1.29, 1.82) is 0 Å². The van der Waals surface area contributed by atoms with Gasteiger partial charge in [0.2, 0.25) is 5.95 Å². The molecule has 1 aliphatic rings. The molecule has 0 radical (unpaired) electrons. The highest BCUT2D eigenvalue weighted by atomic mass is 16.5. The number of aryl methyl sites for hydroxylation is 1. The number of nitrogens with one attached hydrogen (secondary N) is 1. The number of rotatable bonds is 5. The van der Waals surface area contributed by atoms with Crippen molar-refractivity contribution in [2.75, 3.05) is 30.4 Å². The number of methoxy groups -OCH3 is 1. The molecule has 2 heterocycles. The van der Waals surface area contributed by atoms with E-state index >= 15 is 0 Å². The molecule has 0 aliphatic carbocycles. The van der Waals surface area contributed by atoms with Crippen molar-refractivity contribution in [3.63, 3.8) is 0 Å². The summed E-state index contributed by atoms with van der Waals surface area (Å²) in [5.74, 6) is 2.59. The Morgan fingerprint density at radius 3 is 2.55 bits per heavy atom. The fourth-order valence-electron chi connectivity index (χ4n) is 2.66. The van der Waals surface area contributed by atoms with Crippen molar-refractivity contribution in [3.8, 4) is 5.75 Å². The van der Waals surface area contributed by atoms with Crippen molar-refractivity contribution in [3.05, 3.63) is 41.6 Å². The van der Waals surface area contributed by atoms with Crippen LogP contribution in [0.3, 0.4) is 0 Å². The van der Waals surface area contributed by atoms with Crippen LogP contribution in [-0.4, -0.2) is 30.2 Å². The summed E-state index contributed by atoms with van der Waals surface area (Å²) in [4.78, 5) is 11.5. The number of nitrogens with zero attached hydrogens (tertiary/aromatic N) is 3. The fraction of sp³-hybridized carbons (Fsp3) is 0.412. The molecule has 0 amide bonds. The summed E-state index contributed by atoms with van der Waals surface area (Å²) < 4.78 is 5.17. The maximum Gasteiger partial charge on any atom is 0.225 e. The van der Waals surface area contributed by atoms with E-state index in [0.717, 1.165) is 30.4 Å². The van der Waals surface area contributed by atoms with Gasteiger partial charge in [-0.15, -0.1) is 0 Å². The van der Waals surface area contributed by atoms with Crippen LogP contribution in [0.25, 0.3) is 0 Å². The zero-order valence-electron chi connectivity index (χ0n) is 13.2. The molecular weight excluding hydrogens is 276 g/mol. The normalized spacial score (nSPS) is 14.2. The number of hydrogen-bond donors (Lipinski definition) is 1. The zero-order valence-corrected chi connectivity index (χ0v) is 13.2. The Morgan fingerprint density at radius 2 is 1.86 bits per heavy atom. The summed E-state index contributed by atoms with van der Waals surface area (Å²) in [5, 5.41) is 3.31. The van der Waals surface area contributed by atoms with Gasteiger partial charge in [0.05, 0.1) is 7.11 Å². The molecule has 3 rings (SSSR count). The predicted octanol–water partition coefficient (Wildman–Crippen LogP) is 3.01. The van der Waals surface area contributed by atoms with Gasteiger partial charge in [-0.3, -0.25) is 0 Å². The molecule has 0 unspecified atom stereocenters. The van der Waals surface area contributed by atoms with E-state index in [9.17, 15) is 0 Å². The second kappa shape index (κ2) is 6.64. The van der Waals surface area contributed by atoms with Gasteiger partial charge in [0.1, 0.15) is 11.6 Å². The molecule has 0 bridgehead atoms. The molecule has 0 spiro atoms. The SMILES string of the molecule is COc1ccc(CNc2nc(C)cc(N3CCCC3)n2)cc1. The van der Waals surface area contributed by atoms with E-state index in [4.69, 9.17) is 4.74 Å². The van der Waals surface area contributed by atoms with Crippen LogP contribution in [0, 0.1) is 6.92 Å². The molecule has 5 heteroatoms. The summed E-state index contributed by atoms with van der Waals surface area (Å²) in [5.41, 5.74) is 2.17. The summed E-state index contributed by atoms with van der Waals surface area (Å²) in [6.45, 7) is 4.90. The highest BCUT2D eigenvalue weighted by molar-refractivity contribution is 5.45. The molecule has 0 saturated carbocycles. The van der Waals surface area contributed by atoms with Gasteiger partial charge in [-0.25, -0.2) is 4.98 Å². The third kappa shape index (κ3) is 3.47. The van der Waals surface area contributed by atoms with E-state index in [1.165, 1.54) is 18.4 Å². The van der Waals surface area contributed by atoms with Gasteiger partial charge in [-0.2, -0.15) is 4.98 Å². The number of hydrogen-bond acceptors (Lipinski definition) is 5. The molecule has 2 aromatic rings. The summed E-state index contributed by atoms with van der Waals surface area (Å²) >= 11 is 0. The van der Waals surface area contributed by atoms with Crippen LogP contribution in [0.4, 0.5) is 11.8 Å². The molecule has 1 aromatic heterocycles. The highest BCUT2D eigenvalue weighted by Gasteiger charge is 2.14. The first-order valence-electron chi connectivity index (χ1n) is 7.72. The lowest BCUT2D eigenvalue weighted by Crippen LogP contribution is -2.20. The number of anilines is 2. The Labute approximate surface area is 131 Å². The Kier molecular flexibility index (Phi) is 4.42. The molecule has 116 valence electrons. The van der Waals surface area contributed by atoms with Gasteiger partial charge < -0.3 is 15.0 Å². The van der Waals surface area contributed by atoms with Crippen LogP contribution in [0.1, 0.15) is 24.1 Å². The van der Waals surface area contributed by atoms with Gasteiger partial charge in [-0.1, -0.05) is 12.1 Å². The first kappa shape index (κ1) is 14.6. The van der Waals surface area contributed by atoms with Crippen molar-refractivity contribution >= 4 is 11.8 Å². The number of benzene rings is 1. The van der Waals surface area contributed by atoms with Gasteiger partial charge in [0.15, 0.2) is 0 Å². The minimum atomic E-state index is 0.692. The van der Waals surface area contributed by atoms with Gasteiger partial charge >= 0.3 is 0 Å². The average Bonchev–Trinajstić information content (AvgIpc) is 3.07. The van der Waals surface area contributed by atoms with Crippen LogP contribution in [0.5, 0.6) is 5.75 Å². The van der Waals surface area contributed by atoms with Crippen LogP contribution >= 0.6 is 0 Å². The Balaban J connectivity index is 1.68. The van der Waals surface area contributed by atoms with Crippen molar-refractivity contribution in [1.82, 2.24) is 9.97 Å². The number of aromatic nitrogens is 2. The number of ether oxygens (including phenoxy) is 1. The molecule has 1 aromatic carbocycles. The van der Waals surface area contributed by atoms with Crippen LogP contribution in [0.15, 0.2) is 30.3 Å². The van der Waals surface area contributed by atoms with Crippen LogP contribution < -0.4 is 15.0 Å². The largest absolute Gasteiger partial charge is 0.497 e. The molecule has 1 N–H and O–H groups in total. The average molecular weight is 298 g/mol. The zero-order chi connectivity index (χ0) is 15.4. The molecule has 0 atom stereocenters. The molecule has 1 fully saturated rings. The van der Waals surface area contributed by atoms with E-state index < -0.39 is 0 Å². The molecule has 5 nitrogen and oxygen atoms in total.